The first-order valence-corrected chi connectivity index (χ1v) is 7.02. The summed E-state index contributed by atoms with van der Waals surface area (Å²) >= 11 is 0. The third-order valence-corrected chi connectivity index (χ3v) is 3.60. The summed E-state index contributed by atoms with van der Waals surface area (Å²) in [5, 5.41) is 12.5. The van der Waals surface area contributed by atoms with Gasteiger partial charge in [-0.15, -0.1) is 0 Å². The van der Waals surface area contributed by atoms with Crippen molar-refractivity contribution in [3.8, 4) is 6.07 Å². The topological polar surface area (TPSA) is 45.0 Å². The highest BCUT2D eigenvalue weighted by atomic mass is 16.5. The molecule has 1 aromatic rings. The largest absolute Gasteiger partial charge is 0.381 e. The number of nitrogens with one attached hydrogen (secondary N) is 1. The van der Waals surface area contributed by atoms with Gasteiger partial charge in [0.15, 0.2) is 0 Å². The quantitative estimate of drug-likeness (QED) is 0.902. The lowest BCUT2D eigenvalue weighted by atomic mass is 9.89. The minimum absolute atomic E-state index is 0.506. The number of nitriles is 1. The van der Waals surface area contributed by atoms with Gasteiger partial charge in [0.2, 0.25) is 0 Å². The van der Waals surface area contributed by atoms with E-state index < -0.39 is 0 Å². The van der Waals surface area contributed by atoms with E-state index in [1.165, 1.54) is 5.56 Å². The predicted octanol–water partition coefficient (Wildman–Crippen LogP) is 2.50. The zero-order valence-corrected chi connectivity index (χ0v) is 11.7. The molecule has 1 aliphatic heterocycles. The van der Waals surface area contributed by atoms with E-state index in [0.29, 0.717) is 18.0 Å². The molecule has 0 amide bonds. The molecule has 1 N–H and O–H groups in total. The van der Waals surface area contributed by atoms with Crippen molar-refractivity contribution in [1.82, 2.24) is 5.32 Å². The van der Waals surface area contributed by atoms with Crippen LogP contribution in [0.1, 0.15) is 31.4 Å². The van der Waals surface area contributed by atoms with Gasteiger partial charge in [0.05, 0.1) is 18.2 Å². The molecule has 0 saturated carbocycles. The molecule has 1 aliphatic rings. The second kappa shape index (κ2) is 6.70. The molecular weight excluding hydrogens is 236 g/mol. The van der Waals surface area contributed by atoms with Gasteiger partial charge in [0.25, 0.3) is 0 Å². The van der Waals surface area contributed by atoms with E-state index in [1.807, 2.05) is 12.1 Å². The summed E-state index contributed by atoms with van der Waals surface area (Å²) in [5.41, 5.74) is 2.01. The maximum atomic E-state index is 8.81. The number of hydrogen-bond donors (Lipinski definition) is 1. The van der Waals surface area contributed by atoms with Crippen LogP contribution in [-0.4, -0.2) is 25.3 Å². The number of hydrogen-bond acceptors (Lipinski definition) is 3. The summed E-state index contributed by atoms with van der Waals surface area (Å²) < 4.78 is 5.62. The smallest absolute Gasteiger partial charge is 0.0991 e. The molecule has 0 aromatic heterocycles. The SMILES string of the molecule is CC(C)N[C@@H]1CCOC[C@@H]1Cc1ccc(C#N)cc1. The number of nitrogens with zero attached hydrogens (tertiary/aromatic N) is 1. The Kier molecular flexibility index (Phi) is 4.95. The zero-order valence-electron chi connectivity index (χ0n) is 11.7. The molecule has 3 nitrogen and oxygen atoms in total. The first-order valence-electron chi connectivity index (χ1n) is 7.02. The lowest BCUT2D eigenvalue weighted by Gasteiger charge is -2.33. The van der Waals surface area contributed by atoms with Crippen LogP contribution in [0.2, 0.25) is 0 Å². The molecule has 0 aliphatic carbocycles. The molecule has 1 saturated heterocycles. The van der Waals surface area contributed by atoms with Gasteiger partial charge in [-0.25, -0.2) is 0 Å². The molecule has 102 valence electrons. The minimum Gasteiger partial charge on any atom is -0.381 e. The van der Waals surface area contributed by atoms with E-state index in [4.69, 9.17) is 10.00 Å². The standard InChI is InChI=1S/C16H22N2O/c1-12(2)18-16-7-8-19-11-15(16)9-13-3-5-14(10-17)6-4-13/h3-6,12,15-16,18H,7-9,11H2,1-2H3/t15-,16+/m0/s1. The van der Waals surface area contributed by atoms with Crippen LogP contribution < -0.4 is 5.32 Å². The summed E-state index contributed by atoms with van der Waals surface area (Å²) in [6.45, 7) is 6.06. The first-order chi connectivity index (χ1) is 9.19. The first kappa shape index (κ1) is 14.0. The number of benzene rings is 1. The van der Waals surface area contributed by atoms with E-state index in [2.05, 4.69) is 37.4 Å². The molecule has 2 atom stereocenters. The maximum absolute atomic E-state index is 8.81. The fourth-order valence-electron chi connectivity index (χ4n) is 2.66. The molecule has 2 rings (SSSR count). The van der Waals surface area contributed by atoms with E-state index >= 15 is 0 Å². The van der Waals surface area contributed by atoms with Crippen LogP contribution in [0.5, 0.6) is 0 Å². The fraction of sp³-hybridized carbons (Fsp3) is 0.562. The summed E-state index contributed by atoms with van der Waals surface area (Å²) in [7, 11) is 0. The Balaban J connectivity index is 2.00. The Hall–Kier alpha value is -1.37. The van der Waals surface area contributed by atoms with Crippen LogP contribution in [0, 0.1) is 17.2 Å². The van der Waals surface area contributed by atoms with Gasteiger partial charge in [0.1, 0.15) is 0 Å². The van der Waals surface area contributed by atoms with Crippen molar-refractivity contribution in [2.45, 2.75) is 38.8 Å². The van der Waals surface area contributed by atoms with Crippen molar-refractivity contribution >= 4 is 0 Å². The molecule has 3 heteroatoms. The van der Waals surface area contributed by atoms with Gasteiger partial charge in [-0.1, -0.05) is 26.0 Å². The van der Waals surface area contributed by atoms with Crippen LogP contribution in [0.3, 0.4) is 0 Å². The normalized spacial score (nSPS) is 23.3. The van der Waals surface area contributed by atoms with E-state index in [0.717, 1.165) is 31.6 Å². The second-order valence-corrected chi connectivity index (χ2v) is 5.56. The van der Waals surface area contributed by atoms with Crippen molar-refractivity contribution in [3.63, 3.8) is 0 Å². The van der Waals surface area contributed by atoms with Gasteiger partial charge in [0, 0.05) is 24.6 Å². The molecule has 19 heavy (non-hydrogen) atoms. The molecule has 1 aromatic carbocycles. The second-order valence-electron chi connectivity index (χ2n) is 5.56. The average Bonchev–Trinajstić information content (AvgIpc) is 2.41. The van der Waals surface area contributed by atoms with Gasteiger partial charge in [-0.05, 0) is 30.5 Å². The van der Waals surface area contributed by atoms with Crippen molar-refractivity contribution in [2.75, 3.05) is 13.2 Å². The fourth-order valence-corrected chi connectivity index (χ4v) is 2.66. The van der Waals surface area contributed by atoms with Crippen LogP contribution in [-0.2, 0) is 11.2 Å². The van der Waals surface area contributed by atoms with Crippen molar-refractivity contribution in [2.24, 2.45) is 5.92 Å². The Bertz CT molecular complexity index is 433. The third-order valence-electron chi connectivity index (χ3n) is 3.60. The molecule has 1 heterocycles. The highest BCUT2D eigenvalue weighted by Gasteiger charge is 2.26. The summed E-state index contributed by atoms with van der Waals surface area (Å²) in [6, 6.07) is 11.1. The van der Waals surface area contributed by atoms with Gasteiger partial charge >= 0.3 is 0 Å². The summed E-state index contributed by atoms with van der Waals surface area (Å²) in [4.78, 5) is 0. The van der Waals surface area contributed by atoms with E-state index in [9.17, 15) is 0 Å². The minimum atomic E-state index is 0.506. The lowest BCUT2D eigenvalue weighted by molar-refractivity contribution is 0.0300. The van der Waals surface area contributed by atoms with Gasteiger partial charge in [-0.2, -0.15) is 5.26 Å². The maximum Gasteiger partial charge on any atom is 0.0991 e. The third kappa shape index (κ3) is 4.05. The number of ether oxygens (including phenoxy) is 1. The highest BCUT2D eigenvalue weighted by Crippen LogP contribution is 2.20. The Morgan fingerprint density at radius 3 is 2.74 bits per heavy atom. The number of rotatable bonds is 4. The van der Waals surface area contributed by atoms with Crippen molar-refractivity contribution in [1.29, 1.82) is 5.26 Å². The zero-order chi connectivity index (χ0) is 13.7. The average molecular weight is 258 g/mol. The highest BCUT2D eigenvalue weighted by molar-refractivity contribution is 5.31. The van der Waals surface area contributed by atoms with E-state index in [-0.39, 0.29) is 0 Å². The van der Waals surface area contributed by atoms with Crippen molar-refractivity contribution in [3.05, 3.63) is 35.4 Å². The lowest BCUT2D eigenvalue weighted by Crippen LogP contribution is -2.46. The monoisotopic (exact) mass is 258 g/mol. The predicted molar refractivity (Wildman–Crippen MR) is 75.8 cm³/mol. The van der Waals surface area contributed by atoms with Crippen LogP contribution in [0.4, 0.5) is 0 Å². The Morgan fingerprint density at radius 2 is 2.11 bits per heavy atom. The van der Waals surface area contributed by atoms with Crippen molar-refractivity contribution < 1.29 is 4.74 Å². The molecule has 0 radical (unpaired) electrons. The molecule has 0 unspecified atom stereocenters. The Morgan fingerprint density at radius 1 is 1.37 bits per heavy atom. The Labute approximate surface area is 115 Å². The van der Waals surface area contributed by atoms with Crippen LogP contribution in [0.25, 0.3) is 0 Å². The van der Waals surface area contributed by atoms with Gasteiger partial charge in [-0.3, -0.25) is 0 Å². The van der Waals surface area contributed by atoms with Gasteiger partial charge < -0.3 is 10.1 Å². The molecule has 1 fully saturated rings. The summed E-state index contributed by atoms with van der Waals surface area (Å²) in [6.07, 6.45) is 2.09. The van der Waals surface area contributed by atoms with Crippen LogP contribution >= 0.6 is 0 Å². The molecule has 0 bridgehead atoms. The van der Waals surface area contributed by atoms with E-state index in [1.54, 1.807) is 0 Å². The molecular formula is C16H22N2O. The summed E-state index contributed by atoms with van der Waals surface area (Å²) in [5.74, 6) is 0.518. The van der Waals surface area contributed by atoms with Crippen LogP contribution in [0.15, 0.2) is 24.3 Å². The molecule has 0 spiro atoms.